The number of rotatable bonds is 3. The molecule has 0 aliphatic rings. The van der Waals surface area contributed by atoms with E-state index in [1.165, 1.54) is 0 Å². The third-order valence-corrected chi connectivity index (χ3v) is 1.56. The van der Waals surface area contributed by atoms with Gasteiger partial charge in [-0.1, -0.05) is 5.92 Å². The molecule has 0 saturated carbocycles. The van der Waals surface area contributed by atoms with Crippen molar-refractivity contribution in [2.45, 2.75) is 19.4 Å². The summed E-state index contributed by atoms with van der Waals surface area (Å²) >= 11 is 0. The molecule has 1 heterocycles. The number of terminal acetylenes is 1. The van der Waals surface area contributed by atoms with E-state index in [-0.39, 0.29) is 0 Å². The molecule has 14 heavy (non-hydrogen) atoms. The van der Waals surface area contributed by atoms with Crippen molar-refractivity contribution in [3.8, 4) is 18.2 Å². The summed E-state index contributed by atoms with van der Waals surface area (Å²) in [4.78, 5) is 8.04. The predicted octanol–water partition coefficient (Wildman–Crippen LogP) is 1.31. The average molecular weight is 191 g/mol. The Bertz CT molecular complexity index is 355. The topological polar surface area (TPSA) is 47.0 Å². The van der Waals surface area contributed by atoms with Crippen LogP contribution in [0.3, 0.4) is 0 Å². The molecule has 1 N–H and O–H groups in total. The molecule has 4 nitrogen and oxygen atoms in total. The van der Waals surface area contributed by atoms with E-state index < -0.39 is 5.60 Å². The van der Waals surface area contributed by atoms with Gasteiger partial charge in [0.05, 0.1) is 0 Å². The number of nitrogens with one attached hydrogen (secondary N) is 1. The highest BCUT2D eigenvalue weighted by atomic mass is 16.5. The van der Waals surface area contributed by atoms with Gasteiger partial charge in [0.1, 0.15) is 0 Å². The molecule has 0 spiro atoms. The monoisotopic (exact) mass is 191 g/mol. The quantitative estimate of drug-likeness (QED) is 0.732. The molecular formula is C10H13N3O. The van der Waals surface area contributed by atoms with Crippen LogP contribution in [0.1, 0.15) is 13.8 Å². The number of hydrogen-bond donors (Lipinski definition) is 1. The molecule has 4 heteroatoms. The van der Waals surface area contributed by atoms with Crippen molar-refractivity contribution in [1.29, 1.82) is 0 Å². The Morgan fingerprint density at radius 1 is 1.57 bits per heavy atom. The minimum atomic E-state index is -0.653. The fraction of sp³-hybridized carbons (Fsp3) is 0.400. The van der Waals surface area contributed by atoms with Crippen molar-refractivity contribution in [1.82, 2.24) is 9.97 Å². The van der Waals surface area contributed by atoms with Gasteiger partial charge in [-0.25, -0.2) is 4.98 Å². The molecule has 74 valence electrons. The summed E-state index contributed by atoms with van der Waals surface area (Å²) in [5, 5.41) is 2.82. The zero-order chi connectivity index (χ0) is 10.6. The summed E-state index contributed by atoms with van der Waals surface area (Å²) in [7, 11) is 1.74. The van der Waals surface area contributed by atoms with Crippen LogP contribution in [0.4, 0.5) is 5.95 Å². The first-order valence-electron chi connectivity index (χ1n) is 4.25. The van der Waals surface area contributed by atoms with E-state index in [2.05, 4.69) is 21.2 Å². The summed E-state index contributed by atoms with van der Waals surface area (Å²) in [6.45, 7) is 3.60. The molecule has 0 radical (unpaired) electrons. The lowest BCUT2D eigenvalue weighted by Crippen LogP contribution is -2.26. The zero-order valence-corrected chi connectivity index (χ0v) is 8.53. The van der Waals surface area contributed by atoms with E-state index in [0.717, 1.165) is 0 Å². The summed E-state index contributed by atoms with van der Waals surface area (Å²) in [5.41, 5.74) is -0.653. The molecule has 0 fully saturated rings. The van der Waals surface area contributed by atoms with Gasteiger partial charge in [-0.05, 0) is 13.8 Å². The first-order chi connectivity index (χ1) is 6.57. The second-order valence-electron chi connectivity index (χ2n) is 3.23. The van der Waals surface area contributed by atoms with Gasteiger partial charge in [0.25, 0.3) is 0 Å². The Hall–Kier alpha value is -1.76. The molecule has 1 aromatic rings. The van der Waals surface area contributed by atoms with Crippen LogP contribution in [0.5, 0.6) is 5.88 Å². The number of ether oxygens (including phenoxy) is 1. The van der Waals surface area contributed by atoms with Crippen molar-refractivity contribution in [2.24, 2.45) is 0 Å². The van der Waals surface area contributed by atoms with Crippen LogP contribution in [-0.4, -0.2) is 22.6 Å². The Kier molecular flexibility index (Phi) is 2.92. The molecule has 0 aliphatic heterocycles. The van der Waals surface area contributed by atoms with E-state index in [4.69, 9.17) is 11.2 Å². The Balaban J connectivity index is 2.83. The van der Waals surface area contributed by atoms with Crippen molar-refractivity contribution in [3.05, 3.63) is 12.3 Å². The lowest BCUT2D eigenvalue weighted by Gasteiger charge is -2.19. The minimum Gasteiger partial charge on any atom is -0.458 e. The SMILES string of the molecule is C#CC(C)(C)Oc1ccnc(NC)n1. The van der Waals surface area contributed by atoms with E-state index >= 15 is 0 Å². The number of anilines is 1. The van der Waals surface area contributed by atoms with Crippen LogP contribution in [-0.2, 0) is 0 Å². The molecule has 0 saturated heterocycles. The molecule has 1 rings (SSSR count). The molecule has 0 bridgehead atoms. The van der Waals surface area contributed by atoms with Gasteiger partial charge in [0.15, 0.2) is 5.60 Å². The normalized spacial score (nSPS) is 10.4. The van der Waals surface area contributed by atoms with Gasteiger partial charge < -0.3 is 10.1 Å². The molecule has 0 aromatic carbocycles. The first-order valence-corrected chi connectivity index (χ1v) is 4.25. The fourth-order valence-electron chi connectivity index (χ4n) is 0.810. The van der Waals surface area contributed by atoms with Crippen molar-refractivity contribution < 1.29 is 4.74 Å². The molecule has 0 aliphatic carbocycles. The Morgan fingerprint density at radius 2 is 2.29 bits per heavy atom. The van der Waals surface area contributed by atoms with Crippen molar-refractivity contribution >= 4 is 5.95 Å². The van der Waals surface area contributed by atoms with Gasteiger partial charge in [0, 0.05) is 19.3 Å². The number of aromatic nitrogens is 2. The van der Waals surface area contributed by atoms with Crippen LogP contribution in [0.15, 0.2) is 12.3 Å². The summed E-state index contributed by atoms with van der Waals surface area (Å²) in [6, 6.07) is 1.67. The third-order valence-electron chi connectivity index (χ3n) is 1.56. The first kappa shape index (κ1) is 10.3. The second kappa shape index (κ2) is 3.97. The minimum absolute atomic E-state index is 0.465. The third kappa shape index (κ3) is 2.63. The van der Waals surface area contributed by atoms with Crippen LogP contribution in [0, 0.1) is 12.3 Å². The lowest BCUT2D eigenvalue weighted by atomic mass is 10.1. The highest BCUT2D eigenvalue weighted by Crippen LogP contribution is 2.15. The van der Waals surface area contributed by atoms with Gasteiger partial charge in [-0.3, -0.25) is 0 Å². The Labute approximate surface area is 83.7 Å². The van der Waals surface area contributed by atoms with Gasteiger partial charge >= 0.3 is 0 Å². The highest BCUT2D eigenvalue weighted by Gasteiger charge is 2.16. The molecular weight excluding hydrogens is 178 g/mol. The van der Waals surface area contributed by atoms with E-state index in [9.17, 15) is 0 Å². The number of nitrogens with zero attached hydrogens (tertiary/aromatic N) is 2. The average Bonchev–Trinajstić information content (AvgIpc) is 2.17. The maximum Gasteiger partial charge on any atom is 0.225 e. The fourth-order valence-corrected chi connectivity index (χ4v) is 0.810. The van der Waals surface area contributed by atoms with Crippen LogP contribution < -0.4 is 10.1 Å². The van der Waals surface area contributed by atoms with E-state index in [1.54, 1.807) is 33.2 Å². The van der Waals surface area contributed by atoms with Gasteiger partial charge in [-0.2, -0.15) is 4.98 Å². The summed E-state index contributed by atoms with van der Waals surface area (Å²) in [6.07, 6.45) is 6.90. The van der Waals surface area contributed by atoms with E-state index in [1.807, 2.05) is 0 Å². The van der Waals surface area contributed by atoms with Crippen molar-refractivity contribution in [2.75, 3.05) is 12.4 Å². The van der Waals surface area contributed by atoms with Crippen LogP contribution >= 0.6 is 0 Å². The molecule has 0 amide bonds. The predicted molar refractivity (Wildman–Crippen MR) is 55.1 cm³/mol. The highest BCUT2D eigenvalue weighted by molar-refractivity contribution is 5.27. The molecule has 1 aromatic heterocycles. The largest absolute Gasteiger partial charge is 0.458 e. The maximum absolute atomic E-state index is 5.47. The lowest BCUT2D eigenvalue weighted by molar-refractivity contribution is 0.164. The van der Waals surface area contributed by atoms with Crippen molar-refractivity contribution in [3.63, 3.8) is 0 Å². The van der Waals surface area contributed by atoms with Gasteiger partial charge in [0.2, 0.25) is 11.8 Å². The molecule has 0 atom stereocenters. The second-order valence-corrected chi connectivity index (χ2v) is 3.23. The van der Waals surface area contributed by atoms with E-state index in [0.29, 0.717) is 11.8 Å². The van der Waals surface area contributed by atoms with Crippen LogP contribution in [0.2, 0.25) is 0 Å². The van der Waals surface area contributed by atoms with Gasteiger partial charge in [-0.15, -0.1) is 6.42 Å². The standard InChI is InChI=1S/C10H13N3O/c1-5-10(2,3)14-8-6-7-12-9(11-4)13-8/h1,6-7H,2-4H3,(H,11,12,13). The number of hydrogen-bond acceptors (Lipinski definition) is 4. The molecule has 0 unspecified atom stereocenters. The summed E-state index contributed by atoms with van der Waals surface area (Å²) < 4.78 is 5.47. The zero-order valence-electron chi connectivity index (χ0n) is 8.53. The Morgan fingerprint density at radius 3 is 2.86 bits per heavy atom. The smallest absolute Gasteiger partial charge is 0.225 e. The van der Waals surface area contributed by atoms with Crippen LogP contribution in [0.25, 0.3) is 0 Å². The maximum atomic E-state index is 5.47. The summed E-state index contributed by atoms with van der Waals surface area (Å²) in [5.74, 6) is 3.50.